The van der Waals surface area contributed by atoms with Crippen LogP contribution < -0.4 is 5.32 Å². The minimum Gasteiger partial charge on any atom is -0.393 e. The molecule has 0 aliphatic carbocycles. The van der Waals surface area contributed by atoms with Gasteiger partial charge in [-0.3, -0.25) is 14.9 Å². The predicted molar refractivity (Wildman–Crippen MR) is 75.5 cm³/mol. The van der Waals surface area contributed by atoms with E-state index in [1.54, 1.807) is 0 Å². The summed E-state index contributed by atoms with van der Waals surface area (Å²) in [5, 5.41) is 23.1. The molecular weight excluding hydrogens is 260 g/mol. The zero-order valence-corrected chi connectivity index (χ0v) is 11.9. The van der Waals surface area contributed by atoms with Gasteiger partial charge in [0.25, 0.3) is 11.6 Å². The predicted octanol–water partition coefficient (Wildman–Crippen LogP) is 2.12. The number of hydrogen-bond donors (Lipinski definition) is 2. The highest BCUT2D eigenvalue weighted by atomic mass is 16.6. The van der Waals surface area contributed by atoms with Crippen LogP contribution in [0, 0.1) is 15.5 Å². The molecule has 6 nitrogen and oxygen atoms in total. The largest absolute Gasteiger partial charge is 0.393 e. The Kier molecular flexibility index (Phi) is 5.21. The Bertz CT molecular complexity index is 494. The molecule has 1 atom stereocenters. The van der Waals surface area contributed by atoms with Gasteiger partial charge in [0.05, 0.1) is 11.0 Å². The van der Waals surface area contributed by atoms with E-state index in [0.29, 0.717) is 13.0 Å². The van der Waals surface area contributed by atoms with Crippen LogP contribution in [0.5, 0.6) is 0 Å². The van der Waals surface area contributed by atoms with Gasteiger partial charge in [-0.25, -0.2) is 0 Å². The molecule has 2 N–H and O–H groups in total. The highest BCUT2D eigenvalue weighted by Crippen LogP contribution is 2.21. The second kappa shape index (κ2) is 6.47. The lowest BCUT2D eigenvalue weighted by atomic mass is 9.87. The Morgan fingerprint density at radius 3 is 2.65 bits per heavy atom. The summed E-state index contributed by atoms with van der Waals surface area (Å²) in [5.74, 6) is -0.380. The van der Waals surface area contributed by atoms with Crippen LogP contribution in [0.3, 0.4) is 0 Å². The van der Waals surface area contributed by atoms with Crippen LogP contribution in [0.4, 0.5) is 5.69 Å². The van der Waals surface area contributed by atoms with Gasteiger partial charge in [-0.05, 0) is 17.9 Å². The molecule has 0 aliphatic heterocycles. The minimum absolute atomic E-state index is 0.118. The van der Waals surface area contributed by atoms with E-state index in [0.717, 1.165) is 0 Å². The van der Waals surface area contributed by atoms with E-state index in [4.69, 9.17) is 0 Å². The lowest BCUT2D eigenvalue weighted by molar-refractivity contribution is -0.384. The third-order valence-electron chi connectivity index (χ3n) is 3.02. The summed E-state index contributed by atoms with van der Waals surface area (Å²) >= 11 is 0. The molecule has 110 valence electrons. The van der Waals surface area contributed by atoms with Crippen molar-refractivity contribution >= 4 is 11.6 Å². The number of nitrogens with zero attached hydrogens (tertiary/aromatic N) is 1. The maximum Gasteiger partial charge on any atom is 0.270 e. The van der Waals surface area contributed by atoms with E-state index < -0.39 is 11.0 Å². The normalized spacial score (nSPS) is 12.8. The molecule has 0 saturated heterocycles. The Morgan fingerprint density at radius 2 is 2.10 bits per heavy atom. The molecule has 0 bridgehead atoms. The molecule has 20 heavy (non-hydrogen) atoms. The molecule has 6 heteroatoms. The average Bonchev–Trinajstić information content (AvgIpc) is 2.37. The van der Waals surface area contributed by atoms with E-state index >= 15 is 0 Å². The first-order valence-corrected chi connectivity index (χ1v) is 6.42. The van der Waals surface area contributed by atoms with Crippen LogP contribution in [0.2, 0.25) is 0 Å². The monoisotopic (exact) mass is 280 g/mol. The van der Waals surface area contributed by atoms with Crippen molar-refractivity contribution < 1.29 is 14.8 Å². The smallest absolute Gasteiger partial charge is 0.270 e. The molecule has 0 saturated carbocycles. The number of benzene rings is 1. The number of nitrogens with one attached hydrogen (secondary N) is 1. The highest BCUT2D eigenvalue weighted by molar-refractivity contribution is 5.94. The fourth-order valence-corrected chi connectivity index (χ4v) is 1.62. The van der Waals surface area contributed by atoms with Crippen molar-refractivity contribution in [3.05, 3.63) is 39.9 Å². The topological polar surface area (TPSA) is 92.5 Å². The van der Waals surface area contributed by atoms with Gasteiger partial charge in [0.1, 0.15) is 0 Å². The number of carbonyl (C=O) groups excluding carboxylic acids is 1. The Hall–Kier alpha value is -1.95. The quantitative estimate of drug-likeness (QED) is 0.638. The lowest BCUT2D eigenvalue weighted by Crippen LogP contribution is -2.32. The van der Waals surface area contributed by atoms with Crippen molar-refractivity contribution in [3.8, 4) is 0 Å². The Balaban J connectivity index is 2.56. The number of nitro groups is 1. The van der Waals surface area contributed by atoms with Crippen molar-refractivity contribution in [2.24, 2.45) is 5.41 Å². The first-order chi connectivity index (χ1) is 9.21. The van der Waals surface area contributed by atoms with Gasteiger partial charge in [0.15, 0.2) is 0 Å². The van der Waals surface area contributed by atoms with Crippen molar-refractivity contribution in [2.45, 2.75) is 33.3 Å². The molecule has 1 amide bonds. The van der Waals surface area contributed by atoms with E-state index in [-0.39, 0.29) is 22.6 Å². The third kappa shape index (κ3) is 4.62. The number of carbonyl (C=O) groups is 1. The molecule has 1 aromatic carbocycles. The molecular formula is C14H20N2O4. The van der Waals surface area contributed by atoms with Gasteiger partial charge in [0.2, 0.25) is 0 Å². The van der Waals surface area contributed by atoms with E-state index in [1.807, 2.05) is 20.8 Å². The van der Waals surface area contributed by atoms with Gasteiger partial charge >= 0.3 is 0 Å². The summed E-state index contributed by atoms with van der Waals surface area (Å²) in [7, 11) is 0. The Labute approximate surface area is 118 Å². The molecule has 0 aromatic heterocycles. The van der Waals surface area contributed by atoms with E-state index in [9.17, 15) is 20.0 Å². The maximum absolute atomic E-state index is 11.8. The zero-order chi connectivity index (χ0) is 15.3. The summed E-state index contributed by atoms with van der Waals surface area (Å²) in [4.78, 5) is 21.9. The zero-order valence-electron chi connectivity index (χ0n) is 11.9. The number of amides is 1. The van der Waals surface area contributed by atoms with Crippen molar-refractivity contribution in [1.82, 2.24) is 5.32 Å². The highest BCUT2D eigenvalue weighted by Gasteiger charge is 2.21. The van der Waals surface area contributed by atoms with Crippen LogP contribution in [-0.4, -0.2) is 28.6 Å². The number of aliphatic hydroxyl groups excluding tert-OH is 1. The SMILES string of the molecule is CC(C)(C)C(O)CCNC(=O)c1cccc([N+](=O)[O-])c1. The number of nitro benzene ring substituents is 1. The fraction of sp³-hybridized carbons (Fsp3) is 0.500. The third-order valence-corrected chi connectivity index (χ3v) is 3.02. The Morgan fingerprint density at radius 1 is 1.45 bits per heavy atom. The molecule has 1 unspecified atom stereocenters. The standard InChI is InChI=1S/C14H20N2O4/c1-14(2,3)12(17)7-8-15-13(18)10-5-4-6-11(9-10)16(19)20/h4-6,9,12,17H,7-8H2,1-3H3,(H,15,18). The van der Waals surface area contributed by atoms with Crippen molar-refractivity contribution in [2.75, 3.05) is 6.54 Å². The molecule has 0 radical (unpaired) electrons. The number of non-ortho nitro benzene ring substituents is 1. The second-order valence-corrected chi connectivity index (χ2v) is 5.73. The molecule has 0 fully saturated rings. The fourth-order valence-electron chi connectivity index (χ4n) is 1.62. The van der Waals surface area contributed by atoms with E-state index in [1.165, 1.54) is 24.3 Å². The van der Waals surface area contributed by atoms with Gasteiger partial charge in [-0.1, -0.05) is 26.8 Å². The van der Waals surface area contributed by atoms with Gasteiger partial charge in [-0.2, -0.15) is 0 Å². The van der Waals surface area contributed by atoms with Gasteiger partial charge < -0.3 is 10.4 Å². The van der Waals surface area contributed by atoms with E-state index in [2.05, 4.69) is 5.32 Å². The molecule has 1 aromatic rings. The van der Waals surface area contributed by atoms with Crippen molar-refractivity contribution in [3.63, 3.8) is 0 Å². The number of rotatable bonds is 5. The van der Waals surface area contributed by atoms with Crippen LogP contribution >= 0.6 is 0 Å². The lowest BCUT2D eigenvalue weighted by Gasteiger charge is -2.25. The maximum atomic E-state index is 11.8. The first kappa shape index (κ1) is 16.1. The molecule has 0 spiro atoms. The molecule has 1 rings (SSSR count). The molecule has 0 heterocycles. The second-order valence-electron chi connectivity index (χ2n) is 5.73. The summed E-state index contributed by atoms with van der Waals surface area (Å²) in [6, 6.07) is 5.55. The minimum atomic E-state index is -0.542. The summed E-state index contributed by atoms with van der Waals surface area (Å²) in [6.45, 7) is 6.07. The molecule has 0 aliphatic rings. The van der Waals surface area contributed by atoms with Crippen LogP contribution in [-0.2, 0) is 0 Å². The van der Waals surface area contributed by atoms with Crippen LogP contribution in [0.25, 0.3) is 0 Å². The van der Waals surface area contributed by atoms with Gasteiger partial charge in [-0.15, -0.1) is 0 Å². The number of hydrogen-bond acceptors (Lipinski definition) is 4. The summed E-state index contributed by atoms with van der Waals surface area (Å²) in [6.07, 6.45) is -0.0858. The van der Waals surface area contributed by atoms with Crippen LogP contribution in [0.1, 0.15) is 37.6 Å². The van der Waals surface area contributed by atoms with Crippen molar-refractivity contribution in [1.29, 1.82) is 0 Å². The first-order valence-electron chi connectivity index (χ1n) is 6.42. The average molecular weight is 280 g/mol. The number of aliphatic hydroxyl groups is 1. The van der Waals surface area contributed by atoms with Crippen LogP contribution in [0.15, 0.2) is 24.3 Å². The summed E-state index contributed by atoms with van der Waals surface area (Å²) in [5.41, 5.74) is -0.118. The van der Waals surface area contributed by atoms with Gasteiger partial charge in [0, 0.05) is 24.2 Å². The summed E-state index contributed by atoms with van der Waals surface area (Å²) < 4.78 is 0.